The smallest absolute Gasteiger partial charge is 0.410 e. The standard InChI is InChI=1S/C21H25N3O4/c1-21(2,3)28-20(27)23-14-12-22(13-15-23)19(26)16-7-9-17(10-8-16)24-11-5-4-6-18(24)25/h4-11H,12-15H2,1-3H3. The number of benzene rings is 1. The number of aromatic nitrogens is 1. The van der Waals surface area contributed by atoms with E-state index in [0.29, 0.717) is 37.4 Å². The van der Waals surface area contributed by atoms with Crippen LogP contribution >= 0.6 is 0 Å². The molecule has 2 amide bonds. The third-order valence-electron chi connectivity index (χ3n) is 4.43. The molecule has 0 atom stereocenters. The lowest BCUT2D eigenvalue weighted by atomic mass is 10.1. The number of amides is 2. The van der Waals surface area contributed by atoms with E-state index in [1.807, 2.05) is 20.8 Å². The summed E-state index contributed by atoms with van der Waals surface area (Å²) in [6, 6.07) is 11.9. The maximum absolute atomic E-state index is 12.7. The summed E-state index contributed by atoms with van der Waals surface area (Å²) in [5.74, 6) is -0.0872. The lowest BCUT2D eigenvalue weighted by Gasteiger charge is -2.35. The molecule has 7 nitrogen and oxygen atoms in total. The molecular weight excluding hydrogens is 358 g/mol. The molecule has 1 aromatic heterocycles. The molecular formula is C21H25N3O4. The highest BCUT2D eigenvalue weighted by Crippen LogP contribution is 2.15. The Hall–Kier alpha value is -3.09. The molecule has 148 valence electrons. The zero-order valence-electron chi connectivity index (χ0n) is 16.4. The van der Waals surface area contributed by atoms with Crippen molar-refractivity contribution in [1.82, 2.24) is 14.4 Å². The Balaban J connectivity index is 1.62. The molecule has 1 aliphatic rings. The van der Waals surface area contributed by atoms with E-state index in [0.717, 1.165) is 0 Å². The zero-order valence-corrected chi connectivity index (χ0v) is 16.4. The molecule has 1 aliphatic heterocycles. The molecule has 2 heterocycles. The van der Waals surface area contributed by atoms with Crippen LogP contribution < -0.4 is 5.56 Å². The highest BCUT2D eigenvalue weighted by Gasteiger charge is 2.28. The summed E-state index contributed by atoms with van der Waals surface area (Å²) in [6.45, 7) is 7.29. The molecule has 28 heavy (non-hydrogen) atoms. The van der Waals surface area contributed by atoms with Crippen molar-refractivity contribution in [2.45, 2.75) is 26.4 Å². The highest BCUT2D eigenvalue weighted by molar-refractivity contribution is 5.94. The molecule has 2 aromatic rings. The van der Waals surface area contributed by atoms with Gasteiger partial charge in [0.15, 0.2) is 0 Å². The molecule has 0 aliphatic carbocycles. The minimum atomic E-state index is -0.535. The fourth-order valence-corrected chi connectivity index (χ4v) is 3.01. The van der Waals surface area contributed by atoms with Crippen LogP contribution in [0.25, 0.3) is 5.69 Å². The first-order chi connectivity index (χ1) is 13.2. The van der Waals surface area contributed by atoms with Gasteiger partial charge in [0.1, 0.15) is 5.60 Å². The maximum Gasteiger partial charge on any atom is 0.410 e. The van der Waals surface area contributed by atoms with Crippen molar-refractivity contribution < 1.29 is 14.3 Å². The maximum atomic E-state index is 12.7. The molecule has 0 radical (unpaired) electrons. The van der Waals surface area contributed by atoms with Crippen LogP contribution in [-0.4, -0.2) is 58.1 Å². The summed E-state index contributed by atoms with van der Waals surface area (Å²) in [7, 11) is 0. The second-order valence-electron chi connectivity index (χ2n) is 7.72. The Morgan fingerprint density at radius 2 is 1.50 bits per heavy atom. The fourth-order valence-electron chi connectivity index (χ4n) is 3.01. The summed E-state index contributed by atoms with van der Waals surface area (Å²) < 4.78 is 6.90. The van der Waals surface area contributed by atoms with Crippen molar-refractivity contribution >= 4 is 12.0 Å². The molecule has 0 saturated carbocycles. The van der Waals surface area contributed by atoms with Gasteiger partial charge in [0.2, 0.25) is 0 Å². The molecule has 7 heteroatoms. The van der Waals surface area contributed by atoms with Gasteiger partial charge in [-0.1, -0.05) is 6.07 Å². The predicted molar refractivity (Wildman–Crippen MR) is 106 cm³/mol. The fraction of sp³-hybridized carbons (Fsp3) is 0.381. The number of piperazine rings is 1. The van der Waals surface area contributed by atoms with Crippen molar-refractivity contribution in [2.75, 3.05) is 26.2 Å². The molecule has 1 aromatic carbocycles. The molecule has 1 saturated heterocycles. The van der Waals surface area contributed by atoms with Crippen LogP contribution in [0.2, 0.25) is 0 Å². The third kappa shape index (κ3) is 4.60. The zero-order chi connectivity index (χ0) is 20.3. The van der Waals surface area contributed by atoms with Crippen LogP contribution in [0.15, 0.2) is 53.5 Å². The third-order valence-corrected chi connectivity index (χ3v) is 4.43. The molecule has 3 rings (SSSR count). The van der Waals surface area contributed by atoms with E-state index in [-0.39, 0.29) is 17.6 Å². The molecule has 1 fully saturated rings. The van der Waals surface area contributed by atoms with Crippen molar-refractivity contribution in [3.63, 3.8) is 0 Å². The number of carbonyl (C=O) groups excluding carboxylic acids is 2. The van der Waals surface area contributed by atoms with Crippen LogP contribution in [0.1, 0.15) is 31.1 Å². The molecule has 0 unspecified atom stereocenters. The number of carbonyl (C=O) groups is 2. The Morgan fingerprint density at radius 1 is 0.893 bits per heavy atom. The second kappa shape index (κ2) is 7.88. The first kappa shape index (κ1) is 19.7. The van der Waals surface area contributed by atoms with E-state index in [4.69, 9.17) is 4.74 Å². The van der Waals surface area contributed by atoms with Crippen molar-refractivity contribution in [3.05, 3.63) is 64.6 Å². The summed E-state index contributed by atoms with van der Waals surface area (Å²) >= 11 is 0. The molecule has 0 N–H and O–H groups in total. The van der Waals surface area contributed by atoms with Gasteiger partial charge in [-0.3, -0.25) is 14.2 Å². The van der Waals surface area contributed by atoms with Crippen LogP contribution in [-0.2, 0) is 4.74 Å². The van der Waals surface area contributed by atoms with E-state index in [1.165, 1.54) is 10.6 Å². The van der Waals surface area contributed by atoms with Gasteiger partial charge < -0.3 is 14.5 Å². The summed E-state index contributed by atoms with van der Waals surface area (Å²) in [5, 5.41) is 0. The van der Waals surface area contributed by atoms with Gasteiger partial charge in [-0.25, -0.2) is 4.79 Å². The minimum Gasteiger partial charge on any atom is -0.444 e. The summed E-state index contributed by atoms with van der Waals surface area (Å²) in [6.07, 6.45) is 1.34. The summed E-state index contributed by atoms with van der Waals surface area (Å²) in [5.41, 5.74) is 0.599. The van der Waals surface area contributed by atoms with Crippen molar-refractivity contribution in [3.8, 4) is 5.69 Å². The van der Waals surface area contributed by atoms with Crippen LogP contribution in [0.5, 0.6) is 0 Å². The average Bonchev–Trinajstić information content (AvgIpc) is 2.67. The SMILES string of the molecule is CC(C)(C)OC(=O)N1CCN(C(=O)c2ccc(-n3ccccc3=O)cc2)CC1. The number of ether oxygens (including phenoxy) is 1. The molecule has 0 spiro atoms. The predicted octanol–water partition coefficient (Wildman–Crippen LogP) is 2.53. The molecule has 0 bridgehead atoms. The number of hydrogen-bond acceptors (Lipinski definition) is 4. The van der Waals surface area contributed by atoms with Gasteiger partial charge in [-0.05, 0) is 51.1 Å². The van der Waals surface area contributed by atoms with Crippen molar-refractivity contribution in [1.29, 1.82) is 0 Å². The topological polar surface area (TPSA) is 71.8 Å². The Labute approximate surface area is 164 Å². The first-order valence-electron chi connectivity index (χ1n) is 9.30. The van der Waals surface area contributed by atoms with Gasteiger partial charge >= 0.3 is 6.09 Å². The van der Waals surface area contributed by atoms with Crippen LogP contribution in [0, 0.1) is 0 Å². The number of rotatable bonds is 2. The average molecular weight is 383 g/mol. The number of hydrogen-bond donors (Lipinski definition) is 0. The lowest BCUT2D eigenvalue weighted by Crippen LogP contribution is -2.51. The van der Waals surface area contributed by atoms with E-state index in [2.05, 4.69) is 0 Å². The quantitative estimate of drug-likeness (QED) is 0.799. The van der Waals surface area contributed by atoms with E-state index < -0.39 is 5.60 Å². The van der Waals surface area contributed by atoms with Crippen LogP contribution in [0.3, 0.4) is 0 Å². The minimum absolute atomic E-state index is 0.0872. The monoisotopic (exact) mass is 383 g/mol. The Bertz CT molecular complexity index is 904. The number of nitrogens with zero attached hydrogens (tertiary/aromatic N) is 3. The van der Waals surface area contributed by atoms with Gasteiger partial charge in [0.05, 0.1) is 0 Å². The van der Waals surface area contributed by atoms with Gasteiger partial charge in [-0.15, -0.1) is 0 Å². The van der Waals surface area contributed by atoms with E-state index in [1.54, 1.807) is 52.4 Å². The first-order valence-corrected chi connectivity index (χ1v) is 9.30. The Morgan fingerprint density at radius 3 is 2.07 bits per heavy atom. The van der Waals surface area contributed by atoms with Crippen LogP contribution in [0.4, 0.5) is 4.79 Å². The van der Waals surface area contributed by atoms with E-state index in [9.17, 15) is 14.4 Å². The van der Waals surface area contributed by atoms with Gasteiger partial charge in [0, 0.05) is 49.7 Å². The normalized spacial score (nSPS) is 14.7. The highest BCUT2D eigenvalue weighted by atomic mass is 16.6. The summed E-state index contributed by atoms with van der Waals surface area (Å²) in [4.78, 5) is 40.1. The van der Waals surface area contributed by atoms with E-state index >= 15 is 0 Å². The lowest BCUT2D eigenvalue weighted by molar-refractivity contribution is 0.0141. The van der Waals surface area contributed by atoms with Crippen molar-refractivity contribution in [2.24, 2.45) is 0 Å². The number of pyridine rings is 1. The largest absolute Gasteiger partial charge is 0.444 e. The van der Waals surface area contributed by atoms with Gasteiger partial charge in [0.25, 0.3) is 11.5 Å². The second-order valence-corrected chi connectivity index (χ2v) is 7.72. The Kier molecular flexibility index (Phi) is 5.53. The van der Waals surface area contributed by atoms with Gasteiger partial charge in [-0.2, -0.15) is 0 Å².